The molecule has 97 heavy (non-hydrogen) atoms. The van der Waals surface area contributed by atoms with Gasteiger partial charge in [0.15, 0.2) is 0 Å². The van der Waals surface area contributed by atoms with Gasteiger partial charge < -0.3 is 0 Å². The molecule has 4 aromatic carbocycles. The van der Waals surface area contributed by atoms with Crippen LogP contribution in [0.3, 0.4) is 0 Å². The van der Waals surface area contributed by atoms with Gasteiger partial charge in [0.05, 0.1) is 0 Å². The average molecular weight is 1430 g/mol. The Morgan fingerprint density at radius 1 is 0.206 bits per heavy atom. The van der Waals surface area contributed by atoms with E-state index in [0.717, 1.165) is 103 Å². The molecule has 560 valence electrons. The fourth-order valence-corrected chi connectivity index (χ4v) is 24.2. The Balaban J connectivity index is 1.86. The van der Waals surface area contributed by atoms with Gasteiger partial charge in [-0.15, -0.1) is 0 Å². The first-order valence-corrected chi connectivity index (χ1v) is 48.5. The Labute approximate surface area is 592 Å². The van der Waals surface area contributed by atoms with Crippen molar-refractivity contribution in [1.82, 2.24) is 0 Å². The summed E-state index contributed by atoms with van der Waals surface area (Å²) in [6, 6.07) is 34.5. The van der Waals surface area contributed by atoms with Crippen LogP contribution in [0.4, 0.5) is 0 Å². The van der Waals surface area contributed by atoms with Crippen LogP contribution >= 0.6 is 29.1 Å². The van der Waals surface area contributed by atoms with E-state index in [1.165, 1.54) is 154 Å². The quantitative estimate of drug-likeness (QED) is 0.0154. The maximum atomic E-state index is 13.4. The summed E-state index contributed by atoms with van der Waals surface area (Å²) in [5.74, 6) is 0. The van der Waals surface area contributed by atoms with E-state index in [4.69, 9.17) is 18.1 Å². The minimum absolute atomic E-state index is 0.127. The Hall–Kier alpha value is -1.88. The standard InChI is InChI=1S/C81H144O12P4/c1-5-9-13-17-21-25-29-33-37-41-57-69-94(82,83,77-61-49-45-50-62-77)90-73-81(74-91-95(84,85,78-63-51-46-52-64-78)70-58-42-38-34-30-26-22-18-14-10-6-2,75-92-96(86,87,79-65-53-47-54-66-79)71-59-43-39-35-31-27-23-19-15-11-7-3)76-93-97(88,89,80-67-55-48-56-68-80)72-60-44-40-36-32-28-24-20-16-12-8-4/h45-56,61-68,82-89H,5-44,57-60,69-76H2,1-4H3. The van der Waals surface area contributed by atoms with Gasteiger partial charge in [0.25, 0.3) is 0 Å². The summed E-state index contributed by atoms with van der Waals surface area (Å²) in [5.41, 5.74) is -1.94. The van der Waals surface area contributed by atoms with Crippen LogP contribution in [0, 0.1) is 5.41 Å². The molecule has 16 heteroatoms. The van der Waals surface area contributed by atoms with Crippen molar-refractivity contribution in [2.24, 2.45) is 5.41 Å². The fraction of sp³-hybridized carbons (Fsp3) is 0.704. The van der Waals surface area contributed by atoms with Crippen molar-refractivity contribution in [1.29, 1.82) is 0 Å². The van der Waals surface area contributed by atoms with Gasteiger partial charge >= 0.3 is 568 Å². The molecule has 0 atom stereocenters. The molecule has 0 aliphatic carbocycles. The van der Waals surface area contributed by atoms with Crippen LogP contribution in [0.1, 0.15) is 310 Å². The van der Waals surface area contributed by atoms with Gasteiger partial charge in [-0.25, -0.2) is 0 Å². The van der Waals surface area contributed by atoms with E-state index < -0.39 is 61.0 Å². The van der Waals surface area contributed by atoms with Crippen molar-refractivity contribution < 1.29 is 57.2 Å². The first-order chi connectivity index (χ1) is 46.6. The normalized spacial score (nSPS) is 14.8. The molecule has 4 aromatic rings. The van der Waals surface area contributed by atoms with Crippen molar-refractivity contribution in [2.75, 3.05) is 51.1 Å². The molecule has 0 aliphatic rings. The fourth-order valence-electron chi connectivity index (χ4n) is 13.6. The molecule has 0 unspecified atom stereocenters. The van der Waals surface area contributed by atoms with Crippen molar-refractivity contribution in [3.63, 3.8) is 0 Å². The number of rotatable bonds is 64. The zero-order chi connectivity index (χ0) is 70.3. The predicted octanol–water partition coefficient (Wildman–Crippen LogP) is 21.7. The molecule has 8 N–H and O–H groups in total. The SMILES string of the molecule is CCCCCCCCCCCCCP(O)(O)(OCC(COP(O)(O)(CCCCCCCCCCCCC)c1ccccc1)(COP(O)(O)(CCCCCCCCCCCCC)c1ccccc1)COP(O)(O)(CCCCCCCCCCCCC)c1ccccc1)c1ccccc1. The second kappa shape index (κ2) is 46.8. The molecule has 0 aromatic heterocycles. The van der Waals surface area contributed by atoms with E-state index in [1.54, 1.807) is 97.1 Å². The zero-order valence-electron chi connectivity index (χ0n) is 61.8. The molecule has 0 spiro atoms. The Morgan fingerprint density at radius 2 is 0.340 bits per heavy atom. The average Bonchev–Trinajstić information content (AvgIpc) is 0.779. The number of unbranched alkanes of at least 4 members (excludes halogenated alkanes) is 40. The minimum atomic E-state index is -5.48. The number of benzene rings is 4. The number of hydrogen-bond donors (Lipinski definition) is 8. The molecule has 0 heterocycles. The van der Waals surface area contributed by atoms with E-state index >= 15 is 0 Å². The third-order valence-electron chi connectivity index (χ3n) is 20.3. The maximum absolute atomic E-state index is 13.4. The molecule has 0 radical (unpaired) electrons. The Bertz CT molecular complexity index is 2220. The second-order valence-electron chi connectivity index (χ2n) is 29.4. The summed E-state index contributed by atoms with van der Waals surface area (Å²) in [4.78, 5) is 107. The van der Waals surface area contributed by atoms with Crippen molar-refractivity contribution in [3.8, 4) is 0 Å². The first kappa shape index (κ1) is 87.5. The summed E-state index contributed by atoms with van der Waals surface area (Å²) in [6.07, 6.45) is 45.8. The van der Waals surface area contributed by atoms with Crippen LogP contribution in [0.5, 0.6) is 0 Å². The molecule has 0 aliphatic heterocycles. The topological polar surface area (TPSA) is 199 Å². The van der Waals surface area contributed by atoms with Gasteiger partial charge in [-0.1, -0.05) is 27.7 Å². The third-order valence-corrected chi connectivity index (χ3v) is 32.8. The van der Waals surface area contributed by atoms with Crippen LogP contribution in [0.2, 0.25) is 0 Å². The molecule has 0 fully saturated rings. The summed E-state index contributed by atoms with van der Waals surface area (Å²) < 4.78 is 27.8. The summed E-state index contributed by atoms with van der Waals surface area (Å²) in [5, 5.41) is 0.764. The molecular weight excluding hydrogens is 1290 g/mol. The van der Waals surface area contributed by atoms with Crippen molar-refractivity contribution >= 4 is 50.4 Å². The van der Waals surface area contributed by atoms with Gasteiger partial charge in [0.1, 0.15) is 0 Å². The summed E-state index contributed by atoms with van der Waals surface area (Å²) in [7, 11) is -21.9. The molecule has 12 nitrogen and oxygen atoms in total. The molecule has 0 saturated heterocycles. The van der Waals surface area contributed by atoms with E-state index in [0.29, 0.717) is 25.7 Å². The zero-order valence-corrected chi connectivity index (χ0v) is 65.4. The predicted molar refractivity (Wildman–Crippen MR) is 421 cm³/mol. The molecule has 4 rings (SSSR count). The van der Waals surface area contributed by atoms with Gasteiger partial charge in [-0.05, 0) is 0 Å². The summed E-state index contributed by atoms with van der Waals surface area (Å²) >= 11 is 0. The van der Waals surface area contributed by atoms with E-state index in [2.05, 4.69) is 27.7 Å². The van der Waals surface area contributed by atoms with Crippen molar-refractivity contribution in [3.05, 3.63) is 121 Å². The van der Waals surface area contributed by atoms with Crippen LogP contribution in [0.15, 0.2) is 121 Å². The summed E-state index contributed by atoms with van der Waals surface area (Å²) in [6.45, 7) is 6.28. The van der Waals surface area contributed by atoms with Crippen molar-refractivity contribution in [2.45, 2.75) is 310 Å². The van der Waals surface area contributed by atoms with Crippen LogP contribution < -0.4 is 21.2 Å². The van der Waals surface area contributed by atoms with E-state index in [1.807, 2.05) is 24.3 Å². The molecular formula is C81H144O12P4. The Morgan fingerprint density at radius 3 is 0.485 bits per heavy atom. The third kappa shape index (κ3) is 33.6. The van der Waals surface area contributed by atoms with Crippen LogP contribution in [-0.2, 0) is 18.1 Å². The molecule has 0 bridgehead atoms. The van der Waals surface area contributed by atoms with Crippen LogP contribution in [0.25, 0.3) is 0 Å². The second-order valence-corrected chi connectivity index (χ2v) is 43.2. The van der Waals surface area contributed by atoms with Crippen LogP contribution in [-0.4, -0.2) is 90.2 Å². The first-order valence-electron chi connectivity index (χ1n) is 39.5. The number of hydrogen-bond acceptors (Lipinski definition) is 12. The monoisotopic (exact) mass is 1430 g/mol. The van der Waals surface area contributed by atoms with Gasteiger partial charge in [0.2, 0.25) is 0 Å². The van der Waals surface area contributed by atoms with E-state index in [-0.39, 0.29) is 45.9 Å². The van der Waals surface area contributed by atoms with Gasteiger partial charge in [0, 0.05) is 0 Å². The Kier molecular flexibility index (Phi) is 42.2. The van der Waals surface area contributed by atoms with E-state index in [9.17, 15) is 39.1 Å². The van der Waals surface area contributed by atoms with Gasteiger partial charge in [-0.3, -0.25) is 0 Å². The molecule has 0 saturated carbocycles. The van der Waals surface area contributed by atoms with Gasteiger partial charge in [-0.2, -0.15) is 0 Å². The molecule has 0 amide bonds.